The van der Waals surface area contributed by atoms with Crippen molar-refractivity contribution in [3.8, 4) is 17.1 Å². The first-order chi connectivity index (χ1) is 14.2. The van der Waals surface area contributed by atoms with Crippen LogP contribution in [0.1, 0.15) is 29.5 Å². The van der Waals surface area contributed by atoms with Crippen LogP contribution in [0.3, 0.4) is 0 Å². The van der Waals surface area contributed by atoms with E-state index in [4.69, 9.17) is 23.2 Å². The number of nitrogens with zero attached hydrogens (tertiary/aromatic N) is 3. The molecule has 0 spiro atoms. The lowest BCUT2D eigenvalue weighted by molar-refractivity contribution is -0.0108. The Morgan fingerprint density at radius 2 is 1.80 bits per heavy atom. The van der Waals surface area contributed by atoms with Crippen LogP contribution in [0, 0.1) is 0 Å². The lowest BCUT2D eigenvalue weighted by Gasteiger charge is -2.23. The third-order valence-corrected chi connectivity index (χ3v) is 5.55. The molecule has 1 aliphatic rings. The van der Waals surface area contributed by atoms with Crippen molar-refractivity contribution >= 4 is 29.1 Å². The molecule has 2 heterocycles. The van der Waals surface area contributed by atoms with Gasteiger partial charge in [0.15, 0.2) is 5.69 Å². The van der Waals surface area contributed by atoms with Crippen molar-refractivity contribution in [2.45, 2.75) is 25.7 Å². The maximum Gasteiger partial charge on any atom is 0.274 e. The summed E-state index contributed by atoms with van der Waals surface area (Å²) in [4.78, 5) is 18.9. The van der Waals surface area contributed by atoms with Gasteiger partial charge in [-0.3, -0.25) is 9.36 Å². The Bertz CT molecular complexity index is 1090. The van der Waals surface area contributed by atoms with Crippen LogP contribution >= 0.6 is 23.2 Å². The highest BCUT2D eigenvalue weighted by molar-refractivity contribution is 6.33. The number of benzene rings is 2. The van der Waals surface area contributed by atoms with Gasteiger partial charge >= 0.3 is 0 Å². The molecule has 0 aliphatic carbocycles. The fraction of sp³-hybridized carbons (Fsp3) is 0.273. The molecule has 4 rings (SSSR count). The lowest BCUT2D eigenvalue weighted by atomic mass is 10.2. The SMILES string of the molecule is CC(F)(F)CN1CCCc2c(nc(-c3ccccc3Cl)n2-c2ccc(Cl)cc2)C1=O. The number of aromatic nitrogens is 2. The Kier molecular flexibility index (Phi) is 5.55. The van der Waals surface area contributed by atoms with E-state index in [0.717, 1.165) is 12.6 Å². The predicted molar refractivity (Wildman–Crippen MR) is 114 cm³/mol. The smallest absolute Gasteiger partial charge is 0.274 e. The zero-order valence-corrected chi connectivity index (χ0v) is 17.7. The van der Waals surface area contributed by atoms with Gasteiger partial charge in [-0.25, -0.2) is 13.8 Å². The molecule has 1 aromatic heterocycles. The van der Waals surface area contributed by atoms with Crippen LogP contribution in [0.25, 0.3) is 17.1 Å². The van der Waals surface area contributed by atoms with Gasteiger partial charge < -0.3 is 4.90 Å². The third-order valence-electron chi connectivity index (χ3n) is 4.97. The van der Waals surface area contributed by atoms with Gasteiger partial charge in [-0.15, -0.1) is 0 Å². The number of amides is 1. The average molecular weight is 450 g/mol. The summed E-state index contributed by atoms with van der Waals surface area (Å²) in [5.41, 5.74) is 2.29. The minimum atomic E-state index is -2.98. The van der Waals surface area contributed by atoms with Gasteiger partial charge in [0.25, 0.3) is 11.8 Å². The largest absolute Gasteiger partial charge is 0.331 e. The van der Waals surface area contributed by atoms with E-state index in [1.54, 1.807) is 18.2 Å². The second-order valence-electron chi connectivity index (χ2n) is 7.42. The molecule has 8 heteroatoms. The van der Waals surface area contributed by atoms with Crippen molar-refractivity contribution in [1.82, 2.24) is 14.5 Å². The highest BCUT2D eigenvalue weighted by atomic mass is 35.5. The fourth-order valence-electron chi connectivity index (χ4n) is 3.72. The van der Waals surface area contributed by atoms with Gasteiger partial charge in [-0.05, 0) is 49.2 Å². The van der Waals surface area contributed by atoms with Gasteiger partial charge in [-0.1, -0.05) is 35.3 Å². The molecule has 0 saturated heterocycles. The van der Waals surface area contributed by atoms with E-state index >= 15 is 0 Å². The Morgan fingerprint density at radius 3 is 2.47 bits per heavy atom. The van der Waals surface area contributed by atoms with Crippen LogP contribution in [-0.4, -0.2) is 39.4 Å². The first-order valence-electron chi connectivity index (χ1n) is 9.54. The van der Waals surface area contributed by atoms with E-state index in [-0.39, 0.29) is 12.2 Å². The summed E-state index contributed by atoms with van der Waals surface area (Å²) in [6.07, 6.45) is 1.07. The molecule has 0 radical (unpaired) electrons. The van der Waals surface area contributed by atoms with Crippen molar-refractivity contribution in [3.05, 3.63) is 70.0 Å². The fourth-order valence-corrected chi connectivity index (χ4v) is 4.07. The molecule has 1 amide bonds. The van der Waals surface area contributed by atoms with E-state index in [1.807, 2.05) is 34.9 Å². The lowest BCUT2D eigenvalue weighted by Crippen LogP contribution is -2.39. The van der Waals surface area contributed by atoms with Crippen molar-refractivity contribution in [3.63, 3.8) is 0 Å². The topological polar surface area (TPSA) is 38.1 Å². The quantitative estimate of drug-likeness (QED) is 0.497. The van der Waals surface area contributed by atoms with E-state index in [0.29, 0.717) is 40.0 Å². The maximum atomic E-state index is 13.6. The van der Waals surface area contributed by atoms with Crippen LogP contribution in [0.5, 0.6) is 0 Å². The number of hydrogen-bond acceptors (Lipinski definition) is 2. The van der Waals surface area contributed by atoms with Crippen molar-refractivity contribution in [2.75, 3.05) is 13.1 Å². The Morgan fingerprint density at radius 1 is 1.10 bits per heavy atom. The highest BCUT2D eigenvalue weighted by Crippen LogP contribution is 2.34. The number of carbonyl (C=O) groups is 1. The van der Waals surface area contributed by atoms with E-state index < -0.39 is 18.4 Å². The number of alkyl halides is 2. The Hall–Kier alpha value is -2.44. The van der Waals surface area contributed by atoms with E-state index in [9.17, 15) is 13.6 Å². The number of halogens is 4. The average Bonchev–Trinajstić information content (AvgIpc) is 2.99. The third kappa shape index (κ3) is 4.07. The molecule has 1 aliphatic heterocycles. The minimum Gasteiger partial charge on any atom is -0.331 e. The zero-order chi connectivity index (χ0) is 21.5. The summed E-state index contributed by atoms with van der Waals surface area (Å²) < 4.78 is 29.2. The van der Waals surface area contributed by atoms with Crippen molar-refractivity contribution in [1.29, 1.82) is 0 Å². The number of rotatable bonds is 4. The molecule has 4 nitrogen and oxygen atoms in total. The molecule has 156 valence electrons. The van der Waals surface area contributed by atoms with Gasteiger partial charge in [0.05, 0.1) is 17.3 Å². The van der Waals surface area contributed by atoms with Gasteiger partial charge in [0.1, 0.15) is 5.82 Å². The maximum absolute atomic E-state index is 13.6. The van der Waals surface area contributed by atoms with Crippen LogP contribution in [0.4, 0.5) is 8.78 Å². The van der Waals surface area contributed by atoms with Crippen LogP contribution in [-0.2, 0) is 6.42 Å². The van der Waals surface area contributed by atoms with E-state index in [2.05, 4.69) is 4.98 Å². The number of imidazole rings is 1. The monoisotopic (exact) mass is 449 g/mol. The van der Waals surface area contributed by atoms with Crippen LogP contribution < -0.4 is 0 Å². The molecule has 0 N–H and O–H groups in total. The minimum absolute atomic E-state index is 0.182. The summed E-state index contributed by atoms with van der Waals surface area (Å²) in [6, 6.07) is 14.4. The van der Waals surface area contributed by atoms with Crippen LogP contribution in [0.15, 0.2) is 48.5 Å². The van der Waals surface area contributed by atoms with Crippen LogP contribution in [0.2, 0.25) is 10.0 Å². The zero-order valence-electron chi connectivity index (χ0n) is 16.2. The molecule has 3 aromatic rings. The molecular weight excluding hydrogens is 431 g/mol. The summed E-state index contributed by atoms with van der Waals surface area (Å²) in [5, 5.41) is 1.06. The predicted octanol–water partition coefficient (Wildman–Crippen LogP) is 5.89. The Balaban J connectivity index is 1.91. The molecule has 0 saturated carbocycles. The highest BCUT2D eigenvalue weighted by Gasteiger charge is 2.34. The van der Waals surface area contributed by atoms with Crippen molar-refractivity contribution < 1.29 is 13.6 Å². The van der Waals surface area contributed by atoms with Gasteiger partial charge in [0, 0.05) is 29.7 Å². The molecule has 0 unspecified atom stereocenters. The molecular formula is C22H19Cl2F2N3O. The van der Waals surface area contributed by atoms with Gasteiger partial charge in [-0.2, -0.15) is 0 Å². The second kappa shape index (κ2) is 8.00. The Labute approximate surface area is 183 Å². The normalized spacial score (nSPS) is 14.6. The summed E-state index contributed by atoms with van der Waals surface area (Å²) >= 11 is 12.5. The first-order valence-corrected chi connectivity index (χ1v) is 10.3. The molecule has 2 aromatic carbocycles. The first kappa shape index (κ1) is 20.8. The molecule has 0 bridgehead atoms. The molecule has 0 fully saturated rings. The number of carbonyl (C=O) groups excluding carboxylic acids is 1. The summed E-state index contributed by atoms with van der Waals surface area (Å²) in [7, 11) is 0. The second-order valence-corrected chi connectivity index (χ2v) is 8.27. The standard InChI is InChI=1S/C22H19Cl2F2N3O/c1-22(25,26)13-28-12-4-7-18-19(21(28)30)27-20(16-5-2-3-6-17(16)24)29(18)15-10-8-14(23)9-11-15/h2-3,5-6,8-11H,4,7,12-13H2,1H3. The molecule has 30 heavy (non-hydrogen) atoms. The number of hydrogen-bond donors (Lipinski definition) is 0. The molecule has 0 atom stereocenters. The number of fused-ring (bicyclic) bond motifs is 1. The van der Waals surface area contributed by atoms with Gasteiger partial charge in [0.2, 0.25) is 0 Å². The summed E-state index contributed by atoms with van der Waals surface area (Å²) in [6.45, 7) is 0.425. The van der Waals surface area contributed by atoms with E-state index in [1.165, 1.54) is 4.90 Å². The van der Waals surface area contributed by atoms with Crippen molar-refractivity contribution in [2.24, 2.45) is 0 Å². The summed E-state index contributed by atoms with van der Waals surface area (Å²) in [5.74, 6) is -2.98.